The van der Waals surface area contributed by atoms with Crippen LogP contribution in [0.1, 0.15) is 25.0 Å². The minimum absolute atomic E-state index is 0.0169. The van der Waals surface area contributed by atoms with Crippen LogP contribution in [-0.2, 0) is 11.3 Å². The van der Waals surface area contributed by atoms with E-state index in [0.29, 0.717) is 32.5 Å². The Kier molecular flexibility index (Phi) is 5.56. The van der Waals surface area contributed by atoms with Crippen molar-refractivity contribution in [2.45, 2.75) is 38.3 Å². The zero-order chi connectivity index (χ0) is 18.6. The molecular formula is C19H27N5O2. The number of pyridine rings is 1. The average molecular weight is 357 g/mol. The maximum absolute atomic E-state index is 12.5. The zero-order valence-electron chi connectivity index (χ0n) is 15.5. The third-order valence-electron chi connectivity index (χ3n) is 4.95. The van der Waals surface area contributed by atoms with E-state index in [1.807, 2.05) is 35.9 Å². The third kappa shape index (κ3) is 4.40. The number of piperidine rings is 1. The molecule has 2 aromatic rings. The number of nitrogens with zero attached hydrogens (tertiary/aromatic N) is 5. The molecule has 0 aliphatic carbocycles. The maximum Gasteiger partial charge on any atom is 0.224 e. The monoisotopic (exact) mass is 357 g/mol. The third-order valence-corrected chi connectivity index (χ3v) is 4.95. The number of likely N-dealkylation sites (N-methyl/N-ethyl adjacent to an activating group) is 1. The van der Waals surface area contributed by atoms with E-state index < -0.39 is 5.60 Å². The second-order valence-corrected chi connectivity index (χ2v) is 7.13. The molecule has 0 spiro atoms. The molecule has 1 amide bonds. The van der Waals surface area contributed by atoms with Crippen LogP contribution in [0.3, 0.4) is 0 Å². The summed E-state index contributed by atoms with van der Waals surface area (Å²) in [5.74, 6) is 0.886. The first-order valence-electron chi connectivity index (χ1n) is 9.08. The second kappa shape index (κ2) is 7.86. The lowest BCUT2D eigenvalue weighted by Gasteiger charge is -2.41. The van der Waals surface area contributed by atoms with E-state index in [4.69, 9.17) is 0 Å². The fraction of sp³-hybridized carbons (Fsp3) is 0.526. The number of carbonyl (C=O) groups is 1. The molecule has 1 aliphatic rings. The summed E-state index contributed by atoms with van der Waals surface area (Å²) >= 11 is 0. The molecule has 7 heteroatoms. The van der Waals surface area contributed by atoms with Crippen molar-refractivity contribution < 1.29 is 9.90 Å². The summed E-state index contributed by atoms with van der Waals surface area (Å²) in [5, 5.41) is 15.2. The smallest absolute Gasteiger partial charge is 0.224 e. The molecule has 0 aromatic carbocycles. The van der Waals surface area contributed by atoms with Gasteiger partial charge < -0.3 is 14.9 Å². The maximum atomic E-state index is 12.5. The SMILES string of the molecule is Cc1ccnn1CCC(=O)N(C)C[C@@]1(O)CCCN(c2ccccn2)C1. The molecule has 140 valence electrons. The normalized spacial score (nSPS) is 20.2. The minimum atomic E-state index is -0.915. The lowest BCUT2D eigenvalue weighted by Crippen LogP contribution is -2.55. The number of rotatable bonds is 6. The Bertz CT molecular complexity index is 733. The number of hydrogen-bond acceptors (Lipinski definition) is 5. The van der Waals surface area contributed by atoms with Crippen molar-refractivity contribution in [2.24, 2.45) is 0 Å². The molecule has 0 bridgehead atoms. The van der Waals surface area contributed by atoms with Crippen molar-refractivity contribution in [2.75, 3.05) is 31.6 Å². The molecule has 3 heterocycles. The van der Waals surface area contributed by atoms with Gasteiger partial charge in [0.05, 0.1) is 12.1 Å². The molecule has 7 nitrogen and oxygen atoms in total. The van der Waals surface area contributed by atoms with Crippen LogP contribution >= 0.6 is 0 Å². The fourth-order valence-electron chi connectivity index (χ4n) is 3.53. The van der Waals surface area contributed by atoms with E-state index in [2.05, 4.69) is 15.0 Å². The Hall–Kier alpha value is -2.41. The molecule has 0 unspecified atom stereocenters. The summed E-state index contributed by atoms with van der Waals surface area (Å²) in [6, 6.07) is 7.70. The van der Waals surface area contributed by atoms with E-state index in [-0.39, 0.29) is 5.91 Å². The lowest BCUT2D eigenvalue weighted by atomic mass is 9.92. The van der Waals surface area contributed by atoms with Crippen molar-refractivity contribution in [1.82, 2.24) is 19.7 Å². The van der Waals surface area contributed by atoms with Gasteiger partial charge in [-0.2, -0.15) is 5.10 Å². The van der Waals surface area contributed by atoms with E-state index >= 15 is 0 Å². The van der Waals surface area contributed by atoms with Crippen molar-refractivity contribution >= 4 is 11.7 Å². The van der Waals surface area contributed by atoms with Gasteiger partial charge in [0.1, 0.15) is 5.82 Å². The van der Waals surface area contributed by atoms with Gasteiger partial charge in [-0.1, -0.05) is 6.07 Å². The fourth-order valence-corrected chi connectivity index (χ4v) is 3.53. The summed E-state index contributed by atoms with van der Waals surface area (Å²) < 4.78 is 1.82. The Morgan fingerprint density at radius 3 is 2.88 bits per heavy atom. The number of amides is 1. The molecule has 2 aromatic heterocycles. The van der Waals surface area contributed by atoms with Crippen LogP contribution in [0.2, 0.25) is 0 Å². The highest BCUT2D eigenvalue weighted by Gasteiger charge is 2.35. The van der Waals surface area contributed by atoms with Crippen LogP contribution in [0.4, 0.5) is 5.82 Å². The summed E-state index contributed by atoms with van der Waals surface area (Å²) in [6.07, 6.45) is 5.43. The molecule has 0 saturated carbocycles. The van der Waals surface area contributed by atoms with Crippen LogP contribution < -0.4 is 4.90 Å². The molecular weight excluding hydrogens is 330 g/mol. The van der Waals surface area contributed by atoms with Gasteiger partial charge in [0, 0.05) is 51.2 Å². The van der Waals surface area contributed by atoms with Gasteiger partial charge in [-0.15, -0.1) is 0 Å². The molecule has 3 rings (SSSR count). The van der Waals surface area contributed by atoms with Gasteiger partial charge >= 0.3 is 0 Å². The standard InChI is InChI=1S/C19H27N5O2/c1-16-7-11-21-24(16)13-8-18(25)22(2)14-19(26)9-5-12-23(15-19)17-6-3-4-10-20-17/h3-4,6-7,10-11,26H,5,8-9,12-15H2,1-2H3/t19-/m0/s1. The molecule has 1 fully saturated rings. The number of anilines is 1. The van der Waals surface area contributed by atoms with Crippen molar-refractivity contribution in [3.05, 3.63) is 42.4 Å². The first-order valence-corrected chi connectivity index (χ1v) is 9.08. The molecule has 0 radical (unpaired) electrons. The number of aliphatic hydroxyl groups is 1. The topological polar surface area (TPSA) is 74.5 Å². The van der Waals surface area contributed by atoms with Crippen LogP contribution in [0.5, 0.6) is 0 Å². The van der Waals surface area contributed by atoms with Gasteiger partial charge in [-0.3, -0.25) is 9.48 Å². The van der Waals surface area contributed by atoms with Crippen LogP contribution in [0.15, 0.2) is 36.7 Å². The first kappa shape index (κ1) is 18.4. The van der Waals surface area contributed by atoms with Crippen LogP contribution in [0, 0.1) is 6.92 Å². The highest BCUT2D eigenvalue weighted by Crippen LogP contribution is 2.25. The zero-order valence-corrected chi connectivity index (χ0v) is 15.5. The van der Waals surface area contributed by atoms with Crippen molar-refractivity contribution in [3.63, 3.8) is 0 Å². The highest BCUT2D eigenvalue weighted by atomic mass is 16.3. The summed E-state index contributed by atoms with van der Waals surface area (Å²) in [5.41, 5.74) is 0.124. The first-order chi connectivity index (χ1) is 12.5. The number of hydrogen-bond donors (Lipinski definition) is 1. The summed E-state index contributed by atoms with van der Waals surface area (Å²) in [6.45, 7) is 4.21. The second-order valence-electron chi connectivity index (χ2n) is 7.13. The van der Waals surface area contributed by atoms with Gasteiger partial charge in [0.2, 0.25) is 5.91 Å². The number of aryl methyl sites for hydroxylation is 2. The lowest BCUT2D eigenvalue weighted by molar-refractivity contribution is -0.133. The Morgan fingerprint density at radius 1 is 1.35 bits per heavy atom. The number of carbonyl (C=O) groups excluding carboxylic acids is 1. The largest absolute Gasteiger partial charge is 0.386 e. The summed E-state index contributed by atoms with van der Waals surface area (Å²) in [4.78, 5) is 20.6. The number of β-amino-alcohol motifs (C(OH)–C–C–N with tert-alkyl or cyclic N) is 1. The van der Waals surface area contributed by atoms with Crippen LogP contribution in [0.25, 0.3) is 0 Å². The Labute approximate surface area is 154 Å². The Morgan fingerprint density at radius 2 is 2.19 bits per heavy atom. The van der Waals surface area contributed by atoms with Crippen LogP contribution in [-0.4, -0.2) is 63.0 Å². The van der Waals surface area contributed by atoms with Gasteiger partial charge in [0.15, 0.2) is 0 Å². The van der Waals surface area contributed by atoms with Gasteiger partial charge in [-0.25, -0.2) is 4.98 Å². The number of aromatic nitrogens is 3. The molecule has 1 atom stereocenters. The molecule has 1 N–H and O–H groups in total. The van der Waals surface area contributed by atoms with Gasteiger partial charge in [0.25, 0.3) is 0 Å². The van der Waals surface area contributed by atoms with E-state index in [0.717, 1.165) is 24.5 Å². The molecule has 26 heavy (non-hydrogen) atoms. The Balaban J connectivity index is 1.56. The quantitative estimate of drug-likeness (QED) is 0.847. The minimum Gasteiger partial charge on any atom is -0.386 e. The predicted molar refractivity (Wildman–Crippen MR) is 99.9 cm³/mol. The van der Waals surface area contributed by atoms with Crippen molar-refractivity contribution in [1.29, 1.82) is 0 Å². The summed E-state index contributed by atoms with van der Waals surface area (Å²) in [7, 11) is 1.76. The average Bonchev–Trinajstić information content (AvgIpc) is 3.05. The van der Waals surface area contributed by atoms with E-state index in [1.54, 1.807) is 24.3 Å². The van der Waals surface area contributed by atoms with Gasteiger partial charge in [-0.05, 0) is 38.0 Å². The predicted octanol–water partition coefficient (Wildman–Crippen LogP) is 1.47. The van der Waals surface area contributed by atoms with Crippen molar-refractivity contribution in [3.8, 4) is 0 Å². The van der Waals surface area contributed by atoms with E-state index in [9.17, 15) is 9.90 Å². The molecule has 1 saturated heterocycles. The highest BCUT2D eigenvalue weighted by molar-refractivity contribution is 5.75. The van der Waals surface area contributed by atoms with E-state index in [1.165, 1.54) is 0 Å². The molecule has 1 aliphatic heterocycles.